The maximum atomic E-state index is 12.9. The van der Waals surface area contributed by atoms with Crippen LogP contribution in [0.5, 0.6) is 0 Å². The fourth-order valence-corrected chi connectivity index (χ4v) is 2.81. The Morgan fingerprint density at radius 1 is 1.33 bits per heavy atom. The molecule has 0 bridgehead atoms. The molecule has 0 spiro atoms. The summed E-state index contributed by atoms with van der Waals surface area (Å²) >= 11 is 0. The van der Waals surface area contributed by atoms with E-state index in [2.05, 4.69) is 5.32 Å². The number of hydrogen-bond donors (Lipinski definition) is 2. The molecule has 0 saturated heterocycles. The van der Waals surface area contributed by atoms with Crippen molar-refractivity contribution in [2.45, 2.75) is 44.6 Å². The normalized spacial score (nSPS) is 22.8. The molecule has 1 unspecified atom stereocenters. The van der Waals surface area contributed by atoms with Crippen molar-refractivity contribution in [2.75, 3.05) is 0 Å². The van der Waals surface area contributed by atoms with Crippen LogP contribution in [0.4, 0.5) is 4.39 Å². The third kappa shape index (κ3) is 4.28. The SMILES string of the molecule is CC(CC(=O)N[C@@H]1CC[C@H](C(=O)O)C1)c1ccc(F)cc1. The summed E-state index contributed by atoms with van der Waals surface area (Å²) in [4.78, 5) is 22.9. The summed E-state index contributed by atoms with van der Waals surface area (Å²) in [5.74, 6) is -1.50. The standard InChI is InChI=1S/C16H20FNO3/c1-10(11-2-5-13(17)6-3-11)8-15(19)18-14-7-4-12(9-14)16(20)21/h2-3,5-6,10,12,14H,4,7-9H2,1H3,(H,18,19)(H,20,21)/t10?,12-,14+/m0/s1. The van der Waals surface area contributed by atoms with E-state index in [4.69, 9.17) is 5.11 Å². The monoisotopic (exact) mass is 293 g/mol. The molecule has 1 fully saturated rings. The molecule has 0 aromatic heterocycles. The van der Waals surface area contributed by atoms with Crippen molar-refractivity contribution in [1.82, 2.24) is 5.32 Å². The van der Waals surface area contributed by atoms with Crippen molar-refractivity contribution in [3.05, 3.63) is 35.6 Å². The molecule has 1 aromatic carbocycles. The highest BCUT2D eigenvalue weighted by Gasteiger charge is 2.30. The number of halogens is 1. The van der Waals surface area contributed by atoms with Crippen LogP contribution in [0.25, 0.3) is 0 Å². The zero-order chi connectivity index (χ0) is 15.4. The number of amides is 1. The summed E-state index contributed by atoms with van der Waals surface area (Å²) in [6.07, 6.45) is 2.16. The first-order chi connectivity index (χ1) is 9.95. The summed E-state index contributed by atoms with van der Waals surface area (Å²) in [7, 11) is 0. The Hall–Kier alpha value is -1.91. The highest BCUT2D eigenvalue weighted by Crippen LogP contribution is 2.26. The maximum absolute atomic E-state index is 12.9. The molecule has 1 aliphatic carbocycles. The molecular weight excluding hydrogens is 273 g/mol. The zero-order valence-electron chi connectivity index (χ0n) is 12.0. The molecule has 0 heterocycles. The van der Waals surface area contributed by atoms with Gasteiger partial charge in [0.05, 0.1) is 5.92 Å². The Kier molecular flexibility index (Phi) is 4.94. The van der Waals surface area contributed by atoms with E-state index in [-0.39, 0.29) is 29.6 Å². The van der Waals surface area contributed by atoms with Gasteiger partial charge in [-0.25, -0.2) is 4.39 Å². The van der Waals surface area contributed by atoms with Gasteiger partial charge in [-0.3, -0.25) is 9.59 Å². The van der Waals surface area contributed by atoms with Crippen LogP contribution >= 0.6 is 0 Å². The molecule has 1 aromatic rings. The Balaban J connectivity index is 1.82. The molecule has 5 heteroatoms. The third-order valence-electron chi connectivity index (χ3n) is 4.08. The molecule has 2 rings (SSSR count). The van der Waals surface area contributed by atoms with Crippen LogP contribution in [-0.2, 0) is 9.59 Å². The average molecular weight is 293 g/mol. The lowest BCUT2D eigenvalue weighted by Gasteiger charge is -2.16. The predicted molar refractivity (Wildman–Crippen MR) is 76.3 cm³/mol. The van der Waals surface area contributed by atoms with E-state index >= 15 is 0 Å². The fourth-order valence-electron chi connectivity index (χ4n) is 2.81. The number of carbonyl (C=O) groups is 2. The van der Waals surface area contributed by atoms with Gasteiger partial charge in [-0.05, 0) is 42.9 Å². The first-order valence-electron chi connectivity index (χ1n) is 7.23. The van der Waals surface area contributed by atoms with E-state index in [0.29, 0.717) is 25.7 Å². The minimum Gasteiger partial charge on any atom is -0.481 e. The summed E-state index contributed by atoms with van der Waals surface area (Å²) in [5, 5.41) is 11.8. The van der Waals surface area contributed by atoms with Crippen LogP contribution in [-0.4, -0.2) is 23.0 Å². The number of carboxylic acid groups (broad SMARTS) is 1. The summed E-state index contributed by atoms with van der Waals surface area (Å²) in [6.45, 7) is 1.92. The molecule has 114 valence electrons. The van der Waals surface area contributed by atoms with E-state index in [9.17, 15) is 14.0 Å². The Bertz CT molecular complexity index is 515. The van der Waals surface area contributed by atoms with Gasteiger partial charge in [0, 0.05) is 12.5 Å². The van der Waals surface area contributed by atoms with Gasteiger partial charge >= 0.3 is 5.97 Å². The van der Waals surface area contributed by atoms with Gasteiger partial charge in [0.15, 0.2) is 0 Å². The minimum absolute atomic E-state index is 0.00211. The van der Waals surface area contributed by atoms with Gasteiger partial charge < -0.3 is 10.4 Å². The molecule has 1 saturated carbocycles. The van der Waals surface area contributed by atoms with Crippen LogP contribution in [0.1, 0.15) is 44.1 Å². The van der Waals surface area contributed by atoms with Crippen LogP contribution in [0.3, 0.4) is 0 Å². The number of aliphatic carboxylic acids is 1. The second-order valence-electron chi connectivity index (χ2n) is 5.77. The maximum Gasteiger partial charge on any atom is 0.306 e. The van der Waals surface area contributed by atoms with E-state index < -0.39 is 5.97 Å². The quantitative estimate of drug-likeness (QED) is 0.877. The summed E-state index contributed by atoms with van der Waals surface area (Å²) in [6, 6.07) is 6.10. The first-order valence-corrected chi connectivity index (χ1v) is 7.23. The van der Waals surface area contributed by atoms with Gasteiger partial charge in [0.2, 0.25) is 5.91 Å². The molecule has 0 aliphatic heterocycles. The number of carboxylic acids is 1. The third-order valence-corrected chi connectivity index (χ3v) is 4.08. The van der Waals surface area contributed by atoms with E-state index in [1.807, 2.05) is 6.92 Å². The largest absolute Gasteiger partial charge is 0.481 e. The number of nitrogens with one attached hydrogen (secondary N) is 1. The van der Waals surface area contributed by atoms with Gasteiger partial charge in [-0.2, -0.15) is 0 Å². The first kappa shape index (κ1) is 15.5. The zero-order valence-corrected chi connectivity index (χ0v) is 12.0. The molecule has 3 atom stereocenters. The van der Waals surface area contributed by atoms with Crippen molar-refractivity contribution in [1.29, 1.82) is 0 Å². The number of rotatable bonds is 5. The lowest BCUT2D eigenvalue weighted by Crippen LogP contribution is -2.33. The number of benzene rings is 1. The Morgan fingerprint density at radius 2 is 2.00 bits per heavy atom. The van der Waals surface area contributed by atoms with Crippen LogP contribution < -0.4 is 5.32 Å². The molecule has 0 radical (unpaired) electrons. The topological polar surface area (TPSA) is 66.4 Å². The Labute approximate surface area is 123 Å². The molecule has 4 nitrogen and oxygen atoms in total. The van der Waals surface area contributed by atoms with Crippen molar-refractivity contribution >= 4 is 11.9 Å². The molecule has 21 heavy (non-hydrogen) atoms. The fraction of sp³-hybridized carbons (Fsp3) is 0.500. The number of carbonyl (C=O) groups excluding carboxylic acids is 1. The van der Waals surface area contributed by atoms with E-state index in [0.717, 1.165) is 5.56 Å². The van der Waals surface area contributed by atoms with E-state index in [1.165, 1.54) is 12.1 Å². The highest BCUT2D eigenvalue weighted by atomic mass is 19.1. The molecule has 1 amide bonds. The van der Waals surface area contributed by atoms with E-state index in [1.54, 1.807) is 12.1 Å². The van der Waals surface area contributed by atoms with Crippen molar-refractivity contribution in [3.8, 4) is 0 Å². The Morgan fingerprint density at radius 3 is 2.57 bits per heavy atom. The highest BCUT2D eigenvalue weighted by molar-refractivity contribution is 5.77. The lowest BCUT2D eigenvalue weighted by atomic mass is 9.97. The van der Waals surface area contributed by atoms with Crippen molar-refractivity contribution in [3.63, 3.8) is 0 Å². The van der Waals surface area contributed by atoms with Crippen LogP contribution in [0.2, 0.25) is 0 Å². The molecule has 1 aliphatic rings. The summed E-state index contributed by atoms with van der Waals surface area (Å²) in [5.41, 5.74) is 0.918. The lowest BCUT2D eigenvalue weighted by molar-refractivity contribution is -0.141. The van der Waals surface area contributed by atoms with Gasteiger partial charge in [-0.15, -0.1) is 0 Å². The van der Waals surface area contributed by atoms with Crippen molar-refractivity contribution in [2.24, 2.45) is 5.92 Å². The molecular formula is C16H20FNO3. The molecule has 2 N–H and O–H groups in total. The second-order valence-corrected chi connectivity index (χ2v) is 5.77. The van der Waals surface area contributed by atoms with Gasteiger partial charge in [0.25, 0.3) is 0 Å². The van der Waals surface area contributed by atoms with Crippen molar-refractivity contribution < 1.29 is 19.1 Å². The summed E-state index contributed by atoms with van der Waals surface area (Å²) < 4.78 is 12.9. The predicted octanol–water partition coefficient (Wildman–Crippen LogP) is 2.69. The number of hydrogen-bond acceptors (Lipinski definition) is 2. The smallest absolute Gasteiger partial charge is 0.306 e. The minimum atomic E-state index is -0.786. The average Bonchev–Trinajstić information content (AvgIpc) is 2.87. The van der Waals surface area contributed by atoms with Gasteiger partial charge in [0.1, 0.15) is 5.82 Å². The van der Waals surface area contributed by atoms with Crippen LogP contribution in [0, 0.1) is 11.7 Å². The van der Waals surface area contributed by atoms with Gasteiger partial charge in [-0.1, -0.05) is 19.1 Å². The second kappa shape index (κ2) is 6.70. The van der Waals surface area contributed by atoms with Crippen LogP contribution in [0.15, 0.2) is 24.3 Å².